The van der Waals surface area contributed by atoms with Gasteiger partial charge in [0.15, 0.2) is 0 Å². The van der Waals surface area contributed by atoms with E-state index in [2.05, 4.69) is 20.8 Å². The zero-order chi connectivity index (χ0) is 10.8. The fourth-order valence-corrected chi connectivity index (χ4v) is 4.24. The Morgan fingerprint density at radius 3 is 2.60 bits per heavy atom. The predicted molar refractivity (Wildman–Crippen MR) is 60.5 cm³/mol. The molecule has 0 aliphatic heterocycles. The summed E-state index contributed by atoms with van der Waals surface area (Å²) >= 11 is 0. The van der Waals surface area contributed by atoms with Gasteiger partial charge in [0.25, 0.3) is 0 Å². The lowest BCUT2D eigenvalue weighted by Crippen LogP contribution is -2.27. The van der Waals surface area contributed by atoms with Gasteiger partial charge in [-0.15, -0.1) is 0 Å². The fraction of sp³-hybridized carbons (Fsp3) is 0.786. The van der Waals surface area contributed by atoms with Crippen molar-refractivity contribution in [3.05, 3.63) is 11.1 Å². The number of allylic oxidation sites excluding steroid dienone is 2. The smallest absolute Gasteiger partial charge is 0.139 e. The van der Waals surface area contributed by atoms with Gasteiger partial charge in [0.1, 0.15) is 5.78 Å². The van der Waals surface area contributed by atoms with Crippen LogP contribution in [0, 0.1) is 16.7 Å². The van der Waals surface area contributed by atoms with Crippen molar-refractivity contribution in [1.82, 2.24) is 0 Å². The van der Waals surface area contributed by atoms with E-state index in [9.17, 15) is 4.79 Å². The largest absolute Gasteiger partial charge is 0.299 e. The molecule has 0 spiro atoms. The molecule has 3 aliphatic carbocycles. The van der Waals surface area contributed by atoms with Gasteiger partial charge in [-0.2, -0.15) is 0 Å². The summed E-state index contributed by atoms with van der Waals surface area (Å²) in [4.78, 5) is 11.9. The zero-order valence-electron chi connectivity index (χ0n) is 10.0. The minimum Gasteiger partial charge on any atom is -0.299 e. The number of Topliss-reactive ketones (excluding diaryl/α,β-unsaturated/α-hetero) is 1. The van der Waals surface area contributed by atoms with Crippen molar-refractivity contribution in [1.29, 1.82) is 0 Å². The van der Waals surface area contributed by atoms with Crippen LogP contribution in [0.1, 0.15) is 52.9 Å². The van der Waals surface area contributed by atoms with E-state index in [0.717, 1.165) is 19.3 Å². The van der Waals surface area contributed by atoms with Crippen molar-refractivity contribution in [3.63, 3.8) is 0 Å². The van der Waals surface area contributed by atoms with E-state index in [1.807, 2.05) is 0 Å². The molecule has 1 saturated carbocycles. The van der Waals surface area contributed by atoms with Gasteiger partial charge in [-0.25, -0.2) is 0 Å². The minimum absolute atomic E-state index is 0.0150. The van der Waals surface area contributed by atoms with E-state index in [4.69, 9.17) is 0 Å². The number of rotatable bonds is 0. The Bertz CT molecular complexity index is 375. The highest BCUT2D eigenvalue weighted by Gasteiger charge is 2.55. The van der Waals surface area contributed by atoms with Gasteiger partial charge in [0.05, 0.1) is 0 Å². The van der Waals surface area contributed by atoms with Crippen molar-refractivity contribution in [2.75, 3.05) is 0 Å². The van der Waals surface area contributed by atoms with Crippen LogP contribution in [0.4, 0.5) is 0 Å². The van der Waals surface area contributed by atoms with E-state index in [-0.39, 0.29) is 5.41 Å². The maximum Gasteiger partial charge on any atom is 0.139 e. The maximum atomic E-state index is 11.9. The van der Waals surface area contributed by atoms with Crippen molar-refractivity contribution in [3.8, 4) is 0 Å². The summed E-state index contributed by atoms with van der Waals surface area (Å²) in [6, 6.07) is 0. The Morgan fingerprint density at radius 1 is 1.13 bits per heavy atom. The van der Waals surface area contributed by atoms with Crippen molar-refractivity contribution in [2.24, 2.45) is 16.7 Å². The first-order valence-corrected chi connectivity index (χ1v) is 6.16. The average molecular weight is 204 g/mol. The second-order valence-corrected chi connectivity index (χ2v) is 6.76. The highest BCUT2D eigenvalue weighted by Crippen LogP contribution is 2.61. The van der Waals surface area contributed by atoms with Crippen LogP contribution in [0.5, 0.6) is 0 Å². The molecule has 0 radical (unpaired) electrons. The third kappa shape index (κ3) is 1.12. The normalized spacial score (nSPS) is 42.3. The Hall–Kier alpha value is -0.590. The number of fused-ring (bicyclic) bond motifs is 2. The summed E-state index contributed by atoms with van der Waals surface area (Å²) in [5.74, 6) is 1.14. The standard InChI is InChI=1S/C14H20O/c1-13(2)6-9-7-14(3)11(10(9)8-13)4-5-12(14)15/h11H,4-8H2,1-3H3/t11-,14+/m1/s1. The van der Waals surface area contributed by atoms with Gasteiger partial charge in [0, 0.05) is 11.8 Å². The number of hydrogen-bond acceptors (Lipinski definition) is 1. The molecule has 0 bridgehead atoms. The molecule has 1 fully saturated rings. The average Bonchev–Trinajstić information content (AvgIpc) is 2.60. The predicted octanol–water partition coefficient (Wildman–Crippen LogP) is 3.49. The molecule has 1 nitrogen and oxygen atoms in total. The van der Waals surface area contributed by atoms with Gasteiger partial charge < -0.3 is 0 Å². The Labute approximate surface area is 91.9 Å². The van der Waals surface area contributed by atoms with Crippen LogP contribution < -0.4 is 0 Å². The molecular weight excluding hydrogens is 184 g/mol. The molecule has 3 rings (SSSR count). The fourth-order valence-electron chi connectivity index (χ4n) is 4.24. The second kappa shape index (κ2) is 2.56. The molecule has 0 amide bonds. The van der Waals surface area contributed by atoms with Crippen LogP contribution >= 0.6 is 0 Å². The van der Waals surface area contributed by atoms with E-state index < -0.39 is 0 Å². The summed E-state index contributed by atoms with van der Waals surface area (Å²) in [5, 5.41) is 0. The van der Waals surface area contributed by atoms with Crippen LogP contribution in [0.3, 0.4) is 0 Å². The number of carbonyl (C=O) groups is 1. The molecule has 82 valence electrons. The molecule has 15 heavy (non-hydrogen) atoms. The Kier molecular flexibility index (Phi) is 1.64. The molecule has 1 heteroatoms. The quantitative estimate of drug-likeness (QED) is 0.552. The zero-order valence-corrected chi connectivity index (χ0v) is 10.0. The Balaban J connectivity index is 1.95. The molecule has 0 N–H and O–H groups in total. The van der Waals surface area contributed by atoms with Gasteiger partial charge in [0.2, 0.25) is 0 Å². The molecule has 0 aromatic heterocycles. The number of hydrogen-bond donors (Lipinski definition) is 0. The summed E-state index contributed by atoms with van der Waals surface area (Å²) in [7, 11) is 0. The van der Waals surface area contributed by atoms with Crippen molar-refractivity contribution in [2.45, 2.75) is 52.9 Å². The monoisotopic (exact) mass is 204 g/mol. The minimum atomic E-state index is 0.0150. The van der Waals surface area contributed by atoms with E-state index in [1.54, 1.807) is 11.1 Å². The summed E-state index contributed by atoms with van der Waals surface area (Å²) in [5.41, 5.74) is 3.80. The van der Waals surface area contributed by atoms with Crippen LogP contribution in [-0.2, 0) is 4.79 Å². The van der Waals surface area contributed by atoms with E-state index in [0.29, 0.717) is 17.1 Å². The van der Waals surface area contributed by atoms with Gasteiger partial charge in [-0.1, -0.05) is 31.9 Å². The molecule has 0 heterocycles. The van der Waals surface area contributed by atoms with E-state index >= 15 is 0 Å². The first-order chi connectivity index (χ1) is 6.92. The summed E-state index contributed by atoms with van der Waals surface area (Å²) in [6.45, 7) is 6.93. The molecule has 0 aromatic rings. The SMILES string of the molecule is CC1(C)CC2=C(C1)[C@H]1CCC(=O)[C@@]1(C)C2. The van der Waals surface area contributed by atoms with Gasteiger partial charge >= 0.3 is 0 Å². The van der Waals surface area contributed by atoms with Crippen LogP contribution in [-0.4, -0.2) is 5.78 Å². The lowest BCUT2D eigenvalue weighted by Gasteiger charge is -2.29. The van der Waals surface area contributed by atoms with Crippen LogP contribution in [0.25, 0.3) is 0 Å². The first kappa shape index (κ1) is 9.62. The topological polar surface area (TPSA) is 17.1 Å². The summed E-state index contributed by atoms with van der Waals surface area (Å²) in [6.07, 6.45) is 5.52. The molecule has 2 atom stereocenters. The van der Waals surface area contributed by atoms with Crippen LogP contribution in [0.15, 0.2) is 11.1 Å². The summed E-state index contributed by atoms with van der Waals surface area (Å²) < 4.78 is 0. The third-order valence-electron chi connectivity index (χ3n) is 4.88. The van der Waals surface area contributed by atoms with Crippen molar-refractivity contribution >= 4 is 5.78 Å². The first-order valence-electron chi connectivity index (χ1n) is 6.16. The molecule has 0 aromatic carbocycles. The number of ketones is 1. The molecule has 3 aliphatic rings. The maximum absolute atomic E-state index is 11.9. The highest BCUT2D eigenvalue weighted by atomic mass is 16.1. The molecule has 0 saturated heterocycles. The van der Waals surface area contributed by atoms with Crippen LogP contribution in [0.2, 0.25) is 0 Å². The lowest BCUT2D eigenvalue weighted by atomic mass is 9.74. The molecular formula is C14H20O. The third-order valence-corrected chi connectivity index (χ3v) is 4.88. The van der Waals surface area contributed by atoms with Gasteiger partial charge in [-0.05, 0) is 37.0 Å². The Morgan fingerprint density at radius 2 is 1.87 bits per heavy atom. The van der Waals surface area contributed by atoms with Gasteiger partial charge in [-0.3, -0.25) is 4.79 Å². The lowest BCUT2D eigenvalue weighted by molar-refractivity contribution is -0.125. The second-order valence-electron chi connectivity index (χ2n) is 6.76. The van der Waals surface area contributed by atoms with Crippen molar-refractivity contribution < 1.29 is 4.79 Å². The van der Waals surface area contributed by atoms with E-state index in [1.165, 1.54) is 12.8 Å². The number of carbonyl (C=O) groups excluding carboxylic acids is 1. The molecule has 0 unspecified atom stereocenters. The highest BCUT2D eigenvalue weighted by molar-refractivity contribution is 5.89.